The van der Waals surface area contributed by atoms with Crippen molar-refractivity contribution >= 4 is 11.6 Å². The van der Waals surface area contributed by atoms with E-state index in [2.05, 4.69) is 20.9 Å². The molecule has 1 aromatic heterocycles. The molecule has 0 radical (unpaired) electrons. The predicted molar refractivity (Wildman–Crippen MR) is 92.9 cm³/mol. The number of benzene rings is 1. The van der Waals surface area contributed by atoms with Gasteiger partial charge in [-0.1, -0.05) is 17.7 Å². The van der Waals surface area contributed by atoms with Crippen LogP contribution in [0.2, 0.25) is 5.02 Å². The van der Waals surface area contributed by atoms with Gasteiger partial charge in [0, 0.05) is 50.5 Å². The fourth-order valence-electron chi connectivity index (χ4n) is 2.72. The van der Waals surface area contributed by atoms with Crippen molar-refractivity contribution in [1.29, 1.82) is 0 Å². The Bertz CT molecular complexity index is 583. The molecule has 2 heterocycles. The van der Waals surface area contributed by atoms with Crippen molar-refractivity contribution in [3.8, 4) is 5.75 Å². The minimum Gasteiger partial charge on any atom is -0.492 e. The van der Waals surface area contributed by atoms with E-state index < -0.39 is 0 Å². The fourth-order valence-corrected chi connectivity index (χ4v) is 2.84. The number of ether oxygens (including phenoxy) is 1. The van der Waals surface area contributed by atoms with Crippen molar-refractivity contribution in [1.82, 2.24) is 14.8 Å². The zero-order valence-electron chi connectivity index (χ0n) is 13.2. The number of rotatable bonds is 6. The van der Waals surface area contributed by atoms with Crippen LogP contribution in [0, 0.1) is 0 Å². The van der Waals surface area contributed by atoms with Crippen molar-refractivity contribution in [2.24, 2.45) is 0 Å². The molecule has 122 valence electrons. The highest BCUT2D eigenvalue weighted by molar-refractivity contribution is 6.30. The SMILES string of the molecule is Clc1ccc(OCCN2CCN(Cc3ccccn3)CC2)cc1. The summed E-state index contributed by atoms with van der Waals surface area (Å²) in [6.45, 7) is 6.93. The van der Waals surface area contributed by atoms with Crippen molar-refractivity contribution in [3.05, 3.63) is 59.4 Å². The van der Waals surface area contributed by atoms with Gasteiger partial charge in [0.25, 0.3) is 0 Å². The van der Waals surface area contributed by atoms with Gasteiger partial charge in [-0.25, -0.2) is 0 Å². The van der Waals surface area contributed by atoms with Crippen LogP contribution in [0.5, 0.6) is 5.75 Å². The molecular formula is C18H22ClN3O. The highest BCUT2D eigenvalue weighted by Crippen LogP contribution is 2.15. The van der Waals surface area contributed by atoms with Crippen molar-refractivity contribution in [3.63, 3.8) is 0 Å². The Labute approximate surface area is 142 Å². The molecule has 1 aliphatic heterocycles. The van der Waals surface area contributed by atoms with Gasteiger partial charge in [-0.2, -0.15) is 0 Å². The third-order valence-electron chi connectivity index (χ3n) is 4.07. The maximum Gasteiger partial charge on any atom is 0.119 e. The van der Waals surface area contributed by atoms with Crippen LogP contribution >= 0.6 is 11.6 Å². The summed E-state index contributed by atoms with van der Waals surface area (Å²) in [4.78, 5) is 9.30. The summed E-state index contributed by atoms with van der Waals surface area (Å²) in [6.07, 6.45) is 1.86. The van der Waals surface area contributed by atoms with Gasteiger partial charge >= 0.3 is 0 Å². The average molecular weight is 332 g/mol. The summed E-state index contributed by atoms with van der Waals surface area (Å²) >= 11 is 5.87. The van der Waals surface area contributed by atoms with Crippen LogP contribution in [0.15, 0.2) is 48.7 Å². The molecule has 1 aromatic carbocycles. The second kappa shape index (κ2) is 8.29. The molecule has 1 aliphatic rings. The molecule has 4 nitrogen and oxygen atoms in total. The van der Waals surface area contributed by atoms with E-state index in [0.717, 1.165) is 55.7 Å². The quantitative estimate of drug-likeness (QED) is 0.813. The molecule has 23 heavy (non-hydrogen) atoms. The lowest BCUT2D eigenvalue weighted by molar-refractivity contribution is 0.111. The fraction of sp³-hybridized carbons (Fsp3) is 0.389. The van der Waals surface area contributed by atoms with Gasteiger partial charge < -0.3 is 4.74 Å². The van der Waals surface area contributed by atoms with Crippen LogP contribution in [0.3, 0.4) is 0 Å². The molecular weight excluding hydrogens is 310 g/mol. The van der Waals surface area contributed by atoms with E-state index in [1.807, 2.05) is 42.6 Å². The van der Waals surface area contributed by atoms with E-state index >= 15 is 0 Å². The van der Waals surface area contributed by atoms with E-state index in [-0.39, 0.29) is 0 Å². The monoisotopic (exact) mass is 331 g/mol. The smallest absolute Gasteiger partial charge is 0.119 e. The molecule has 0 bridgehead atoms. The molecule has 5 heteroatoms. The molecule has 0 amide bonds. The lowest BCUT2D eigenvalue weighted by atomic mass is 10.2. The number of piperazine rings is 1. The Kier molecular flexibility index (Phi) is 5.86. The Morgan fingerprint density at radius 3 is 2.39 bits per heavy atom. The first-order valence-electron chi connectivity index (χ1n) is 8.02. The molecule has 0 spiro atoms. The first-order chi connectivity index (χ1) is 11.3. The zero-order chi connectivity index (χ0) is 15.9. The van der Waals surface area contributed by atoms with Gasteiger partial charge in [-0.05, 0) is 36.4 Å². The molecule has 0 unspecified atom stereocenters. The van der Waals surface area contributed by atoms with E-state index in [1.165, 1.54) is 0 Å². The van der Waals surface area contributed by atoms with Crippen LogP contribution in [0.1, 0.15) is 5.69 Å². The van der Waals surface area contributed by atoms with Crippen LogP contribution in [-0.4, -0.2) is 54.1 Å². The van der Waals surface area contributed by atoms with Crippen LogP contribution < -0.4 is 4.74 Å². The van der Waals surface area contributed by atoms with Crippen molar-refractivity contribution in [2.75, 3.05) is 39.3 Å². The minimum atomic E-state index is 0.710. The van der Waals surface area contributed by atoms with Gasteiger partial charge in [-0.15, -0.1) is 0 Å². The molecule has 1 saturated heterocycles. The highest BCUT2D eigenvalue weighted by atomic mass is 35.5. The molecule has 0 aliphatic carbocycles. The molecule has 3 rings (SSSR count). The molecule has 1 fully saturated rings. The molecule has 0 saturated carbocycles. The standard InChI is InChI=1S/C18H22ClN3O/c19-16-4-6-18(7-5-16)23-14-13-21-9-11-22(12-10-21)15-17-3-1-2-8-20-17/h1-8H,9-15H2. The summed E-state index contributed by atoms with van der Waals surface area (Å²) in [5, 5.41) is 0.737. The third kappa shape index (κ3) is 5.20. The number of aromatic nitrogens is 1. The number of hydrogen-bond donors (Lipinski definition) is 0. The third-order valence-corrected chi connectivity index (χ3v) is 4.32. The number of pyridine rings is 1. The van der Waals surface area contributed by atoms with E-state index in [1.54, 1.807) is 0 Å². The van der Waals surface area contributed by atoms with Gasteiger partial charge in [0.05, 0.1) is 5.69 Å². The van der Waals surface area contributed by atoms with Gasteiger partial charge in [-0.3, -0.25) is 14.8 Å². The summed E-state index contributed by atoms with van der Waals surface area (Å²) < 4.78 is 5.76. The lowest BCUT2D eigenvalue weighted by Crippen LogP contribution is -2.47. The molecule has 0 atom stereocenters. The normalized spacial score (nSPS) is 16.4. The first kappa shape index (κ1) is 16.2. The lowest BCUT2D eigenvalue weighted by Gasteiger charge is -2.34. The van der Waals surface area contributed by atoms with Crippen LogP contribution in [-0.2, 0) is 6.54 Å². The first-order valence-corrected chi connectivity index (χ1v) is 8.40. The summed E-state index contributed by atoms with van der Waals surface area (Å²) in [5.74, 6) is 0.878. The van der Waals surface area contributed by atoms with Crippen molar-refractivity contribution < 1.29 is 4.74 Å². The predicted octanol–water partition coefficient (Wildman–Crippen LogP) is 2.93. The molecule has 2 aromatic rings. The zero-order valence-corrected chi connectivity index (χ0v) is 14.0. The Morgan fingerprint density at radius 1 is 0.957 bits per heavy atom. The summed E-state index contributed by atoms with van der Waals surface area (Å²) in [6, 6.07) is 13.6. The minimum absolute atomic E-state index is 0.710. The topological polar surface area (TPSA) is 28.6 Å². The molecule has 0 N–H and O–H groups in total. The van der Waals surface area contributed by atoms with Crippen molar-refractivity contribution in [2.45, 2.75) is 6.54 Å². The maximum absolute atomic E-state index is 5.87. The second-order valence-corrected chi connectivity index (χ2v) is 6.18. The Morgan fingerprint density at radius 2 is 1.70 bits per heavy atom. The highest BCUT2D eigenvalue weighted by Gasteiger charge is 2.16. The Hall–Kier alpha value is -1.62. The van der Waals surface area contributed by atoms with E-state index in [9.17, 15) is 0 Å². The van der Waals surface area contributed by atoms with Crippen LogP contribution in [0.25, 0.3) is 0 Å². The van der Waals surface area contributed by atoms with Crippen LogP contribution in [0.4, 0.5) is 0 Å². The maximum atomic E-state index is 5.87. The van der Waals surface area contributed by atoms with Gasteiger partial charge in [0.1, 0.15) is 12.4 Å². The summed E-state index contributed by atoms with van der Waals surface area (Å²) in [5.41, 5.74) is 1.15. The van der Waals surface area contributed by atoms with E-state index in [4.69, 9.17) is 16.3 Å². The number of hydrogen-bond acceptors (Lipinski definition) is 4. The van der Waals surface area contributed by atoms with Gasteiger partial charge in [0.15, 0.2) is 0 Å². The largest absolute Gasteiger partial charge is 0.492 e. The number of nitrogens with zero attached hydrogens (tertiary/aromatic N) is 3. The number of halogens is 1. The van der Waals surface area contributed by atoms with E-state index in [0.29, 0.717) is 6.61 Å². The second-order valence-electron chi connectivity index (χ2n) is 5.74. The Balaban J connectivity index is 1.35. The average Bonchev–Trinajstić information content (AvgIpc) is 2.59. The van der Waals surface area contributed by atoms with Gasteiger partial charge in [0.2, 0.25) is 0 Å². The summed E-state index contributed by atoms with van der Waals surface area (Å²) in [7, 11) is 0.